The second-order valence-electron chi connectivity index (χ2n) is 6.99. The molecule has 1 spiro atoms. The third-order valence-corrected chi connectivity index (χ3v) is 9.37. The fraction of sp³-hybridized carbons (Fsp3) is 0.174. The molecular weight excluding hydrogens is 546 g/mol. The Morgan fingerprint density at radius 3 is 2.46 bits per heavy atom. The Bertz CT molecular complexity index is 959. The Kier molecular flexibility index (Phi) is 4.39. The first-order chi connectivity index (χ1) is 12.8. The van der Waals surface area contributed by atoms with Crippen molar-refractivity contribution >= 4 is 5.78 Å². The van der Waals surface area contributed by atoms with Crippen LogP contribution in [0.5, 0.6) is 0 Å². The van der Waals surface area contributed by atoms with E-state index in [1.807, 2.05) is 0 Å². The quantitative estimate of drug-likeness (QED) is 0.400. The number of halogens is 2. The molecule has 132 valence electrons. The van der Waals surface area contributed by atoms with Crippen molar-refractivity contribution in [2.24, 2.45) is 5.41 Å². The second kappa shape index (κ2) is 6.75. The van der Waals surface area contributed by atoms with Gasteiger partial charge in [0.1, 0.15) is 0 Å². The van der Waals surface area contributed by atoms with E-state index in [4.69, 9.17) is 0 Å². The normalized spacial score (nSPS) is 30.0. The van der Waals surface area contributed by atoms with Crippen molar-refractivity contribution in [1.82, 2.24) is 0 Å². The molecule has 0 radical (unpaired) electrons. The van der Waals surface area contributed by atoms with Gasteiger partial charge in [-0.2, -0.15) is 0 Å². The molecule has 0 aromatic heterocycles. The third-order valence-electron chi connectivity index (χ3n) is 5.69. The van der Waals surface area contributed by atoms with Gasteiger partial charge in [-0.1, -0.05) is 0 Å². The van der Waals surface area contributed by atoms with Crippen LogP contribution in [-0.4, -0.2) is 5.78 Å². The summed E-state index contributed by atoms with van der Waals surface area (Å²) < 4.78 is 9.32. The van der Waals surface area contributed by atoms with Gasteiger partial charge in [0.25, 0.3) is 0 Å². The molecule has 2 fully saturated rings. The summed E-state index contributed by atoms with van der Waals surface area (Å²) in [6.07, 6.45) is 10.6. The van der Waals surface area contributed by atoms with E-state index in [1.54, 1.807) is 0 Å². The molecule has 2 aliphatic carbocycles. The summed E-state index contributed by atoms with van der Waals surface area (Å²) in [5.41, 5.74) is 6.42. The summed E-state index contributed by atoms with van der Waals surface area (Å²) in [6.45, 7) is 0. The van der Waals surface area contributed by atoms with Crippen molar-refractivity contribution in [3.05, 3.63) is 98.8 Å². The molecule has 0 amide bonds. The third kappa shape index (κ3) is 2.58. The number of allylic oxidation sites excluding steroid dienone is 8. The van der Waals surface area contributed by atoms with E-state index in [0.29, 0.717) is 18.1 Å². The van der Waals surface area contributed by atoms with Crippen LogP contribution >= 0.6 is 0 Å². The number of hydrogen-bond acceptors (Lipinski definition) is 1. The minimum atomic E-state index is -0.146. The number of Topliss-reactive ketones (excluding diaryl/α,β-unsaturated/α-hetero) is 1. The molecule has 1 aromatic carbocycles. The number of fused-ring (bicyclic) bond motifs is 4. The first kappa shape index (κ1) is 16.9. The maximum absolute atomic E-state index is 12.9. The van der Waals surface area contributed by atoms with Gasteiger partial charge in [-0.15, -0.1) is 0 Å². The van der Waals surface area contributed by atoms with Gasteiger partial charge in [-0.25, -0.2) is 0 Å². The van der Waals surface area contributed by atoms with Gasteiger partial charge in [0.05, 0.1) is 0 Å². The van der Waals surface area contributed by atoms with Gasteiger partial charge in [0, 0.05) is 0 Å². The van der Waals surface area contributed by atoms with Crippen LogP contribution in [0.15, 0.2) is 93.3 Å². The van der Waals surface area contributed by atoms with Gasteiger partial charge in [-0.3, -0.25) is 0 Å². The summed E-state index contributed by atoms with van der Waals surface area (Å²) >= 11 is -0.203. The molecule has 1 aromatic rings. The van der Waals surface area contributed by atoms with Crippen LogP contribution in [0, 0.1) is 5.41 Å². The monoisotopic (exact) mass is 564 g/mol. The molecule has 26 heavy (non-hydrogen) atoms. The standard InChI is InChI=1S/C23H18I2O/c26-22-13-23(21-9-5-11-25-15-19(21)22)12-17(16-6-2-1-3-7-16)18-14-24-10-4-8-20(18)23/h1-11,14-15,17H,12-13H2/q-2. The molecular formula is C23H18I2O-2. The van der Waals surface area contributed by atoms with E-state index in [0.717, 1.165) is 12.0 Å². The number of carbonyl (C=O) groups is 1. The molecule has 2 heterocycles. The SMILES string of the molecule is O=C1CC2(CC(c3ccccc3)C3=C[I-]C=CC=C32)C2=CC=C[I-]C=C12. The van der Waals surface area contributed by atoms with Crippen LogP contribution in [0.1, 0.15) is 24.3 Å². The second-order valence-corrected chi connectivity index (χ2v) is 11.1. The molecule has 0 N–H and O–H groups in total. The Hall–Kier alpha value is -1.21. The van der Waals surface area contributed by atoms with Crippen LogP contribution in [0.25, 0.3) is 0 Å². The molecule has 2 unspecified atom stereocenters. The number of hydrogen-bond donors (Lipinski definition) is 0. The van der Waals surface area contributed by atoms with Crippen LogP contribution < -0.4 is 42.4 Å². The van der Waals surface area contributed by atoms with Crippen LogP contribution in [0.2, 0.25) is 0 Å². The fourth-order valence-electron chi connectivity index (χ4n) is 4.62. The molecule has 5 rings (SSSR count). The molecule has 0 saturated heterocycles. The Morgan fingerprint density at radius 1 is 0.923 bits per heavy atom. The summed E-state index contributed by atoms with van der Waals surface area (Å²) in [7, 11) is 0. The summed E-state index contributed by atoms with van der Waals surface area (Å²) in [5, 5.41) is 0. The van der Waals surface area contributed by atoms with E-state index >= 15 is 0 Å². The summed E-state index contributed by atoms with van der Waals surface area (Å²) in [6, 6.07) is 10.9. The molecule has 2 saturated carbocycles. The first-order valence-electron chi connectivity index (χ1n) is 8.77. The zero-order valence-corrected chi connectivity index (χ0v) is 18.5. The van der Waals surface area contributed by atoms with E-state index in [2.05, 4.69) is 71.0 Å². The van der Waals surface area contributed by atoms with Gasteiger partial charge in [0.15, 0.2) is 0 Å². The number of benzene rings is 1. The van der Waals surface area contributed by atoms with Crippen LogP contribution in [0.3, 0.4) is 0 Å². The fourth-order valence-corrected chi connectivity index (χ4v) is 8.13. The minimum absolute atomic E-state index is 0.0572. The van der Waals surface area contributed by atoms with E-state index in [-0.39, 0.29) is 47.8 Å². The van der Waals surface area contributed by atoms with Crippen LogP contribution in [0.4, 0.5) is 0 Å². The van der Waals surface area contributed by atoms with Gasteiger partial charge < -0.3 is 0 Å². The van der Waals surface area contributed by atoms with Crippen LogP contribution in [-0.2, 0) is 4.79 Å². The van der Waals surface area contributed by atoms with Gasteiger partial charge in [0.2, 0.25) is 0 Å². The first-order valence-corrected chi connectivity index (χ1v) is 13.8. The average Bonchev–Trinajstić information content (AvgIpc) is 2.93. The Morgan fingerprint density at radius 2 is 1.65 bits per heavy atom. The summed E-state index contributed by atoms with van der Waals surface area (Å²) in [5.74, 6) is 0.744. The van der Waals surface area contributed by atoms with E-state index in [1.165, 1.54) is 22.3 Å². The Labute approximate surface area is 174 Å². The Balaban J connectivity index is 1.71. The van der Waals surface area contributed by atoms with Crippen molar-refractivity contribution in [2.45, 2.75) is 18.8 Å². The van der Waals surface area contributed by atoms with Gasteiger partial charge >= 0.3 is 176 Å². The number of rotatable bonds is 1. The maximum atomic E-state index is 12.9. The average molecular weight is 564 g/mol. The number of carbonyl (C=O) groups excluding carboxylic acids is 1. The zero-order chi connectivity index (χ0) is 17.6. The predicted molar refractivity (Wildman–Crippen MR) is 96.5 cm³/mol. The molecule has 2 aliphatic heterocycles. The topological polar surface area (TPSA) is 17.1 Å². The molecule has 4 aliphatic rings. The molecule has 1 nitrogen and oxygen atoms in total. The summed E-state index contributed by atoms with van der Waals surface area (Å²) in [4.78, 5) is 12.9. The van der Waals surface area contributed by atoms with E-state index in [9.17, 15) is 4.79 Å². The van der Waals surface area contributed by atoms with Crippen molar-refractivity contribution in [3.8, 4) is 0 Å². The molecule has 0 bridgehead atoms. The predicted octanol–water partition coefficient (Wildman–Crippen LogP) is -1.01. The van der Waals surface area contributed by atoms with Crippen molar-refractivity contribution in [3.63, 3.8) is 0 Å². The van der Waals surface area contributed by atoms with Crippen molar-refractivity contribution in [2.75, 3.05) is 0 Å². The van der Waals surface area contributed by atoms with Crippen molar-refractivity contribution < 1.29 is 47.2 Å². The molecule has 3 heteroatoms. The van der Waals surface area contributed by atoms with E-state index < -0.39 is 0 Å². The van der Waals surface area contributed by atoms with Crippen molar-refractivity contribution in [1.29, 1.82) is 0 Å². The molecule has 2 atom stereocenters. The zero-order valence-electron chi connectivity index (χ0n) is 14.2. The van der Waals surface area contributed by atoms with Gasteiger partial charge in [-0.05, 0) is 0 Å². The number of ketones is 1.